The van der Waals surface area contributed by atoms with Gasteiger partial charge in [0.2, 0.25) is 0 Å². The van der Waals surface area contributed by atoms with Gasteiger partial charge >= 0.3 is 0 Å². The summed E-state index contributed by atoms with van der Waals surface area (Å²) in [5, 5.41) is -0.204. The van der Waals surface area contributed by atoms with Crippen LogP contribution in [0.4, 0.5) is 10.5 Å². The number of nitrogens with zero attached hydrogens (tertiary/aromatic N) is 2. The maximum Gasteiger partial charge on any atom is 0.293 e. The van der Waals surface area contributed by atoms with Crippen LogP contribution in [0, 0.1) is 13.8 Å². The number of carbonyl (C=O) groups is 2. The molecule has 4 rings (SSSR count). The van der Waals surface area contributed by atoms with E-state index in [0.29, 0.717) is 17.4 Å². The lowest BCUT2D eigenvalue weighted by atomic mass is 9.79. The second-order valence-electron chi connectivity index (χ2n) is 9.68. The van der Waals surface area contributed by atoms with Crippen LogP contribution >= 0.6 is 11.8 Å². The SMILES string of the molecule is CCN1c2cc(C)c(/C=C3/SC(=O)N(Cc4ccc(C)cc4)C3=O)cc2C(C)CC1(C)C. The first kappa shape index (κ1) is 22.7. The van der Waals surface area contributed by atoms with Gasteiger partial charge in [0, 0.05) is 17.8 Å². The molecule has 1 unspecified atom stereocenters. The zero-order chi connectivity index (χ0) is 23.2. The van der Waals surface area contributed by atoms with Gasteiger partial charge in [-0.1, -0.05) is 36.8 Å². The van der Waals surface area contributed by atoms with Crippen molar-refractivity contribution in [1.82, 2.24) is 4.90 Å². The Hall–Kier alpha value is -2.53. The number of carbonyl (C=O) groups excluding carboxylic acids is 2. The van der Waals surface area contributed by atoms with Crippen LogP contribution in [0.5, 0.6) is 0 Å². The minimum absolute atomic E-state index is 0.119. The van der Waals surface area contributed by atoms with E-state index in [4.69, 9.17) is 0 Å². The molecule has 2 aliphatic heterocycles. The summed E-state index contributed by atoms with van der Waals surface area (Å²) in [6.45, 7) is 14.5. The highest BCUT2D eigenvalue weighted by atomic mass is 32.2. The minimum Gasteiger partial charge on any atom is -0.366 e. The maximum absolute atomic E-state index is 13.0. The van der Waals surface area contributed by atoms with Gasteiger partial charge in [-0.25, -0.2) is 0 Å². The van der Waals surface area contributed by atoms with Crippen molar-refractivity contribution in [2.45, 2.75) is 66.0 Å². The van der Waals surface area contributed by atoms with E-state index in [2.05, 4.69) is 51.7 Å². The van der Waals surface area contributed by atoms with E-state index in [1.54, 1.807) is 0 Å². The van der Waals surface area contributed by atoms with Crippen LogP contribution in [0.3, 0.4) is 0 Å². The van der Waals surface area contributed by atoms with E-state index in [9.17, 15) is 9.59 Å². The minimum atomic E-state index is -0.206. The molecular weight excluding hydrogens is 416 g/mol. The molecule has 4 nitrogen and oxygen atoms in total. The zero-order valence-corrected chi connectivity index (χ0v) is 20.7. The highest BCUT2D eigenvalue weighted by Crippen LogP contribution is 2.45. The number of benzene rings is 2. The van der Waals surface area contributed by atoms with Crippen molar-refractivity contribution in [2.24, 2.45) is 0 Å². The molecule has 0 bridgehead atoms. The van der Waals surface area contributed by atoms with Crippen LogP contribution in [0.25, 0.3) is 6.08 Å². The largest absolute Gasteiger partial charge is 0.366 e. The molecule has 2 aliphatic rings. The Morgan fingerprint density at radius 2 is 1.81 bits per heavy atom. The van der Waals surface area contributed by atoms with Gasteiger partial charge in [-0.15, -0.1) is 0 Å². The second kappa shape index (κ2) is 8.43. The molecule has 2 amide bonds. The molecule has 5 heteroatoms. The van der Waals surface area contributed by atoms with Gasteiger partial charge in [-0.3, -0.25) is 14.5 Å². The molecule has 0 saturated carbocycles. The van der Waals surface area contributed by atoms with Crippen molar-refractivity contribution >= 4 is 34.7 Å². The van der Waals surface area contributed by atoms with Gasteiger partial charge in [0.05, 0.1) is 11.4 Å². The fourth-order valence-corrected chi connectivity index (χ4v) is 5.89. The lowest BCUT2D eigenvalue weighted by Gasteiger charge is -2.47. The molecule has 0 aromatic heterocycles. The number of amides is 2. The molecule has 0 radical (unpaired) electrons. The molecule has 32 heavy (non-hydrogen) atoms. The standard InChI is InChI=1S/C27H32N2O2S/c1-7-29-23-12-18(3)21(13-22(23)19(4)15-27(29,5)6)14-24-25(30)28(26(31)32-24)16-20-10-8-17(2)9-11-20/h8-14,19H,7,15-16H2,1-6H3/b24-14+. The van der Waals surface area contributed by atoms with E-state index >= 15 is 0 Å². The van der Waals surface area contributed by atoms with E-state index in [1.165, 1.54) is 16.2 Å². The summed E-state index contributed by atoms with van der Waals surface area (Å²) in [7, 11) is 0. The summed E-state index contributed by atoms with van der Waals surface area (Å²) >= 11 is 1.04. The van der Waals surface area contributed by atoms with Crippen molar-refractivity contribution in [3.63, 3.8) is 0 Å². The number of aryl methyl sites for hydroxylation is 2. The molecule has 168 valence electrons. The monoisotopic (exact) mass is 448 g/mol. The third kappa shape index (κ3) is 4.11. The average Bonchev–Trinajstić information content (AvgIpc) is 2.98. The summed E-state index contributed by atoms with van der Waals surface area (Å²) in [4.78, 5) is 30.0. The lowest BCUT2D eigenvalue weighted by molar-refractivity contribution is -0.123. The smallest absolute Gasteiger partial charge is 0.293 e. The zero-order valence-electron chi connectivity index (χ0n) is 19.9. The van der Waals surface area contributed by atoms with Crippen molar-refractivity contribution < 1.29 is 9.59 Å². The number of anilines is 1. The predicted molar refractivity (Wildman–Crippen MR) is 134 cm³/mol. The first-order chi connectivity index (χ1) is 15.1. The van der Waals surface area contributed by atoms with Crippen LogP contribution in [-0.4, -0.2) is 28.1 Å². The normalized spacial score (nSPS) is 21.4. The Balaban J connectivity index is 1.64. The summed E-state index contributed by atoms with van der Waals surface area (Å²) in [5.74, 6) is 0.231. The van der Waals surface area contributed by atoms with E-state index in [-0.39, 0.29) is 16.7 Å². The number of hydrogen-bond acceptors (Lipinski definition) is 4. The molecule has 2 aromatic carbocycles. The van der Waals surface area contributed by atoms with Gasteiger partial charge in [-0.2, -0.15) is 0 Å². The number of rotatable bonds is 4. The van der Waals surface area contributed by atoms with Gasteiger partial charge in [-0.05, 0) is 99.2 Å². The Labute approximate surface area is 195 Å². The van der Waals surface area contributed by atoms with Crippen LogP contribution in [-0.2, 0) is 11.3 Å². The average molecular weight is 449 g/mol. The topological polar surface area (TPSA) is 40.6 Å². The van der Waals surface area contributed by atoms with Crippen LogP contribution < -0.4 is 4.90 Å². The van der Waals surface area contributed by atoms with Gasteiger partial charge < -0.3 is 4.90 Å². The predicted octanol–water partition coefficient (Wildman–Crippen LogP) is 6.65. The molecule has 2 aromatic rings. The quantitative estimate of drug-likeness (QED) is 0.491. The molecule has 1 saturated heterocycles. The highest BCUT2D eigenvalue weighted by Gasteiger charge is 2.37. The first-order valence-corrected chi connectivity index (χ1v) is 12.2. The van der Waals surface area contributed by atoms with Crippen LogP contribution in [0.15, 0.2) is 41.3 Å². The van der Waals surface area contributed by atoms with Crippen molar-refractivity contribution in [3.05, 3.63) is 69.1 Å². The Kier molecular flexibility index (Phi) is 5.97. The molecular formula is C27H32N2O2S. The maximum atomic E-state index is 13.0. The number of thioether (sulfide) groups is 1. The van der Waals surface area contributed by atoms with Crippen LogP contribution in [0.2, 0.25) is 0 Å². The summed E-state index contributed by atoms with van der Waals surface area (Å²) in [6, 6.07) is 12.4. The molecule has 0 aliphatic carbocycles. The number of hydrogen-bond donors (Lipinski definition) is 0. The van der Waals surface area contributed by atoms with Crippen molar-refractivity contribution in [1.29, 1.82) is 0 Å². The highest BCUT2D eigenvalue weighted by molar-refractivity contribution is 8.18. The van der Waals surface area contributed by atoms with Crippen molar-refractivity contribution in [3.8, 4) is 0 Å². The first-order valence-electron chi connectivity index (χ1n) is 11.3. The van der Waals surface area contributed by atoms with E-state index < -0.39 is 0 Å². The molecule has 1 atom stereocenters. The second-order valence-corrected chi connectivity index (χ2v) is 10.7. The van der Waals surface area contributed by atoms with Gasteiger partial charge in [0.25, 0.3) is 11.1 Å². The van der Waals surface area contributed by atoms with E-state index in [0.717, 1.165) is 47.0 Å². The van der Waals surface area contributed by atoms with Gasteiger partial charge in [0.1, 0.15) is 0 Å². The third-order valence-electron chi connectivity index (χ3n) is 6.71. The lowest BCUT2D eigenvalue weighted by Crippen LogP contribution is -2.48. The summed E-state index contributed by atoms with van der Waals surface area (Å²) < 4.78 is 0. The number of imide groups is 1. The molecule has 2 heterocycles. The Morgan fingerprint density at radius 3 is 2.47 bits per heavy atom. The van der Waals surface area contributed by atoms with Gasteiger partial charge in [0.15, 0.2) is 0 Å². The summed E-state index contributed by atoms with van der Waals surface area (Å²) in [5.41, 5.74) is 6.99. The Morgan fingerprint density at radius 1 is 1.12 bits per heavy atom. The van der Waals surface area contributed by atoms with Crippen LogP contribution in [0.1, 0.15) is 67.9 Å². The molecule has 1 fully saturated rings. The fraction of sp³-hybridized carbons (Fsp3) is 0.407. The summed E-state index contributed by atoms with van der Waals surface area (Å²) in [6.07, 6.45) is 2.99. The Bertz CT molecular complexity index is 1100. The number of fused-ring (bicyclic) bond motifs is 1. The van der Waals surface area contributed by atoms with E-state index in [1.807, 2.05) is 37.3 Å². The molecule has 0 spiro atoms. The third-order valence-corrected chi connectivity index (χ3v) is 7.62. The van der Waals surface area contributed by atoms with Crippen molar-refractivity contribution in [2.75, 3.05) is 11.4 Å². The fourth-order valence-electron chi connectivity index (χ4n) is 5.06. The molecule has 0 N–H and O–H groups in total.